The molecule has 1 aliphatic carbocycles. The average Bonchev–Trinajstić information content (AvgIpc) is 2.01. The fraction of sp³-hybridized carbons (Fsp3) is 1.00. The summed E-state index contributed by atoms with van der Waals surface area (Å²) in [5.74, 6) is 0.953. The molecule has 0 amide bonds. The van der Waals surface area contributed by atoms with Gasteiger partial charge in [-0.05, 0) is 25.8 Å². The van der Waals surface area contributed by atoms with Crippen LogP contribution in [0.1, 0.15) is 32.6 Å². The fourth-order valence-corrected chi connectivity index (χ4v) is 2.63. The molecule has 76 valence electrons. The SMILES string of the molecule is CC1CCCC(N(C)C2CNC2)C1. The van der Waals surface area contributed by atoms with Crippen molar-refractivity contribution < 1.29 is 0 Å². The Bertz CT molecular complexity index is 165. The zero-order chi connectivity index (χ0) is 9.26. The third-order valence-electron chi connectivity index (χ3n) is 3.82. The van der Waals surface area contributed by atoms with Gasteiger partial charge in [-0.3, -0.25) is 4.90 Å². The molecule has 0 aromatic rings. The summed E-state index contributed by atoms with van der Waals surface area (Å²) >= 11 is 0. The minimum Gasteiger partial charge on any atom is -0.314 e. The number of nitrogens with zero attached hydrogens (tertiary/aromatic N) is 1. The topological polar surface area (TPSA) is 15.3 Å². The summed E-state index contributed by atoms with van der Waals surface area (Å²) in [6.07, 6.45) is 5.74. The molecule has 1 heterocycles. The molecule has 0 bridgehead atoms. The maximum Gasteiger partial charge on any atom is 0.0345 e. The van der Waals surface area contributed by atoms with Gasteiger partial charge in [-0.2, -0.15) is 0 Å². The van der Waals surface area contributed by atoms with Crippen LogP contribution in [-0.2, 0) is 0 Å². The zero-order valence-electron chi connectivity index (χ0n) is 8.92. The van der Waals surface area contributed by atoms with Gasteiger partial charge in [-0.15, -0.1) is 0 Å². The Morgan fingerprint density at radius 1 is 1.15 bits per heavy atom. The number of hydrogen-bond donors (Lipinski definition) is 1. The first kappa shape index (κ1) is 9.47. The van der Waals surface area contributed by atoms with Crippen LogP contribution in [0.25, 0.3) is 0 Å². The van der Waals surface area contributed by atoms with Crippen molar-refractivity contribution in [3.05, 3.63) is 0 Å². The molecular weight excluding hydrogens is 160 g/mol. The van der Waals surface area contributed by atoms with E-state index in [0.29, 0.717) is 0 Å². The first-order valence-electron chi connectivity index (χ1n) is 5.70. The minimum atomic E-state index is 0.829. The predicted octanol–water partition coefficient (Wildman–Crippen LogP) is 1.47. The molecule has 0 spiro atoms. The third-order valence-corrected chi connectivity index (χ3v) is 3.82. The highest BCUT2D eigenvalue weighted by atomic mass is 15.2. The lowest BCUT2D eigenvalue weighted by atomic mass is 9.85. The summed E-state index contributed by atoms with van der Waals surface area (Å²) < 4.78 is 0. The van der Waals surface area contributed by atoms with E-state index in [1.54, 1.807) is 0 Å². The van der Waals surface area contributed by atoms with Crippen LogP contribution >= 0.6 is 0 Å². The Morgan fingerprint density at radius 2 is 1.92 bits per heavy atom. The van der Waals surface area contributed by atoms with E-state index in [1.165, 1.54) is 38.8 Å². The summed E-state index contributed by atoms with van der Waals surface area (Å²) in [4.78, 5) is 2.62. The molecule has 2 aliphatic rings. The Hall–Kier alpha value is -0.0800. The molecule has 13 heavy (non-hydrogen) atoms. The van der Waals surface area contributed by atoms with Crippen LogP contribution in [0.3, 0.4) is 0 Å². The Kier molecular flexibility index (Phi) is 2.89. The number of likely N-dealkylation sites (N-methyl/N-ethyl adjacent to an activating group) is 1. The van der Waals surface area contributed by atoms with Crippen LogP contribution in [0.5, 0.6) is 0 Å². The van der Waals surface area contributed by atoms with E-state index in [2.05, 4.69) is 24.2 Å². The highest BCUT2D eigenvalue weighted by molar-refractivity contribution is 4.88. The minimum absolute atomic E-state index is 0.829. The maximum atomic E-state index is 3.35. The quantitative estimate of drug-likeness (QED) is 0.695. The lowest BCUT2D eigenvalue weighted by molar-refractivity contribution is 0.0886. The van der Waals surface area contributed by atoms with Crippen molar-refractivity contribution in [2.45, 2.75) is 44.7 Å². The van der Waals surface area contributed by atoms with E-state index in [1.807, 2.05) is 0 Å². The van der Waals surface area contributed by atoms with Gasteiger partial charge >= 0.3 is 0 Å². The van der Waals surface area contributed by atoms with E-state index in [9.17, 15) is 0 Å². The van der Waals surface area contributed by atoms with E-state index in [-0.39, 0.29) is 0 Å². The summed E-state index contributed by atoms with van der Waals surface area (Å²) in [6, 6.07) is 1.70. The van der Waals surface area contributed by atoms with Gasteiger partial charge in [0.2, 0.25) is 0 Å². The molecule has 2 atom stereocenters. The highest BCUT2D eigenvalue weighted by Gasteiger charge is 2.29. The van der Waals surface area contributed by atoms with Gasteiger partial charge in [0, 0.05) is 25.2 Å². The van der Waals surface area contributed by atoms with Gasteiger partial charge in [0.05, 0.1) is 0 Å². The predicted molar refractivity (Wildman–Crippen MR) is 55.8 cm³/mol. The van der Waals surface area contributed by atoms with Crippen molar-refractivity contribution in [2.24, 2.45) is 5.92 Å². The molecule has 0 aromatic heterocycles. The van der Waals surface area contributed by atoms with E-state index >= 15 is 0 Å². The molecule has 0 radical (unpaired) electrons. The second kappa shape index (κ2) is 3.97. The van der Waals surface area contributed by atoms with Crippen molar-refractivity contribution in [1.29, 1.82) is 0 Å². The van der Waals surface area contributed by atoms with Gasteiger partial charge in [-0.25, -0.2) is 0 Å². The van der Waals surface area contributed by atoms with Crippen LogP contribution in [0.4, 0.5) is 0 Å². The van der Waals surface area contributed by atoms with Crippen LogP contribution < -0.4 is 5.32 Å². The first-order chi connectivity index (χ1) is 6.27. The molecular formula is C11H22N2. The van der Waals surface area contributed by atoms with Gasteiger partial charge < -0.3 is 5.32 Å². The molecule has 0 aromatic carbocycles. The third kappa shape index (κ3) is 2.05. The lowest BCUT2D eigenvalue weighted by Gasteiger charge is -2.43. The molecule has 1 saturated heterocycles. The van der Waals surface area contributed by atoms with Crippen LogP contribution in [0.15, 0.2) is 0 Å². The average molecular weight is 182 g/mol. The number of hydrogen-bond acceptors (Lipinski definition) is 2. The normalized spacial score (nSPS) is 36.2. The molecule has 1 aliphatic heterocycles. The summed E-state index contributed by atoms with van der Waals surface area (Å²) in [5, 5.41) is 3.35. The van der Waals surface area contributed by atoms with Crippen molar-refractivity contribution in [1.82, 2.24) is 10.2 Å². The van der Waals surface area contributed by atoms with E-state index in [4.69, 9.17) is 0 Å². The molecule has 2 fully saturated rings. The number of nitrogens with one attached hydrogen (secondary N) is 1. The lowest BCUT2D eigenvalue weighted by Crippen LogP contribution is -2.59. The van der Waals surface area contributed by atoms with Crippen molar-refractivity contribution in [2.75, 3.05) is 20.1 Å². The highest BCUT2D eigenvalue weighted by Crippen LogP contribution is 2.27. The molecule has 2 heteroatoms. The fourth-order valence-electron chi connectivity index (χ4n) is 2.63. The van der Waals surface area contributed by atoms with E-state index < -0.39 is 0 Å². The Morgan fingerprint density at radius 3 is 2.46 bits per heavy atom. The smallest absolute Gasteiger partial charge is 0.0345 e. The molecule has 1 N–H and O–H groups in total. The first-order valence-corrected chi connectivity index (χ1v) is 5.70. The van der Waals surface area contributed by atoms with Crippen molar-refractivity contribution >= 4 is 0 Å². The monoisotopic (exact) mass is 182 g/mol. The largest absolute Gasteiger partial charge is 0.314 e. The summed E-state index contributed by atoms with van der Waals surface area (Å²) in [6.45, 7) is 4.82. The molecule has 2 nitrogen and oxygen atoms in total. The van der Waals surface area contributed by atoms with Crippen LogP contribution in [-0.4, -0.2) is 37.1 Å². The van der Waals surface area contributed by atoms with E-state index in [0.717, 1.165) is 18.0 Å². The van der Waals surface area contributed by atoms with Gasteiger partial charge in [0.25, 0.3) is 0 Å². The summed E-state index contributed by atoms with van der Waals surface area (Å²) in [7, 11) is 2.31. The van der Waals surface area contributed by atoms with Crippen molar-refractivity contribution in [3.63, 3.8) is 0 Å². The summed E-state index contributed by atoms with van der Waals surface area (Å²) in [5.41, 5.74) is 0. The van der Waals surface area contributed by atoms with Gasteiger partial charge in [0.1, 0.15) is 0 Å². The Balaban J connectivity index is 1.83. The Labute approximate surface area is 81.7 Å². The second-order valence-corrected chi connectivity index (χ2v) is 4.90. The van der Waals surface area contributed by atoms with Crippen molar-refractivity contribution in [3.8, 4) is 0 Å². The van der Waals surface area contributed by atoms with Gasteiger partial charge in [0.15, 0.2) is 0 Å². The second-order valence-electron chi connectivity index (χ2n) is 4.90. The van der Waals surface area contributed by atoms with Crippen LogP contribution in [0, 0.1) is 5.92 Å². The maximum absolute atomic E-state index is 3.35. The molecule has 1 saturated carbocycles. The standard InChI is InChI=1S/C11H22N2/c1-9-4-3-5-10(6-9)13(2)11-7-12-8-11/h9-12H,3-8H2,1-2H3. The van der Waals surface area contributed by atoms with Crippen LogP contribution in [0.2, 0.25) is 0 Å². The number of rotatable bonds is 2. The zero-order valence-corrected chi connectivity index (χ0v) is 8.92. The molecule has 2 unspecified atom stereocenters. The molecule has 2 rings (SSSR count). The van der Waals surface area contributed by atoms with Gasteiger partial charge in [-0.1, -0.05) is 19.8 Å².